The first-order chi connectivity index (χ1) is 11.4. The minimum absolute atomic E-state index is 0.0322. The molecule has 1 fully saturated rings. The van der Waals surface area contributed by atoms with E-state index in [4.69, 9.17) is 15.2 Å². The molecule has 0 bridgehead atoms. The quantitative estimate of drug-likeness (QED) is 0.636. The van der Waals surface area contributed by atoms with Gasteiger partial charge in [-0.2, -0.15) is 4.98 Å². The number of nitrogens with two attached hydrogens (primary N) is 1. The molecule has 1 aliphatic rings. The molecular formula is C14H19N5O5. The van der Waals surface area contributed by atoms with Crippen LogP contribution in [0, 0.1) is 5.92 Å². The molecule has 0 saturated carbocycles. The zero-order valence-electron chi connectivity index (χ0n) is 13.3. The Kier molecular flexibility index (Phi) is 4.24. The standard InChI is InChI=1S/C14H19N5O5/c1-6(2)13(22)23-4-8-7(20)3-9(24-8)19-5-16-10-11(19)17-14(15)18-12(10)21/h5-9,20H,3-4H2,1-2H3,(H3,15,17,18,21)/t7-,8+,9+/m0/s1. The lowest BCUT2D eigenvalue weighted by Crippen LogP contribution is -2.29. The summed E-state index contributed by atoms with van der Waals surface area (Å²) in [5.74, 6) is -0.644. The topological polar surface area (TPSA) is 145 Å². The number of nitrogens with one attached hydrogen (secondary N) is 1. The molecule has 10 nitrogen and oxygen atoms in total. The molecule has 2 aromatic rings. The zero-order valence-corrected chi connectivity index (χ0v) is 13.3. The molecule has 1 saturated heterocycles. The summed E-state index contributed by atoms with van der Waals surface area (Å²) in [6, 6.07) is 0. The summed E-state index contributed by atoms with van der Waals surface area (Å²) >= 11 is 0. The number of carbonyl (C=O) groups excluding carboxylic acids is 1. The average molecular weight is 337 g/mol. The second kappa shape index (κ2) is 6.21. The van der Waals surface area contributed by atoms with Gasteiger partial charge in [-0.1, -0.05) is 13.8 Å². The number of esters is 1. The van der Waals surface area contributed by atoms with Gasteiger partial charge in [0.2, 0.25) is 5.95 Å². The van der Waals surface area contributed by atoms with E-state index in [1.807, 2.05) is 0 Å². The largest absolute Gasteiger partial charge is 0.463 e. The van der Waals surface area contributed by atoms with Crippen LogP contribution in [0.4, 0.5) is 5.95 Å². The highest BCUT2D eigenvalue weighted by molar-refractivity contribution is 5.71. The average Bonchev–Trinajstić information content (AvgIpc) is 3.08. The zero-order chi connectivity index (χ0) is 17.4. The maximum absolute atomic E-state index is 11.8. The number of aromatic amines is 1. The van der Waals surface area contributed by atoms with Gasteiger partial charge in [0.25, 0.3) is 5.56 Å². The molecule has 3 rings (SSSR count). The lowest BCUT2D eigenvalue weighted by molar-refractivity contribution is -0.153. The maximum atomic E-state index is 11.8. The molecule has 0 amide bonds. The van der Waals surface area contributed by atoms with Crippen LogP contribution in [0.3, 0.4) is 0 Å². The molecule has 3 atom stereocenters. The number of H-pyrrole nitrogens is 1. The van der Waals surface area contributed by atoms with Crippen LogP contribution in [-0.4, -0.2) is 49.4 Å². The van der Waals surface area contributed by atoms with Crippen LogP contribution in [0.5, 0.6) is 0 Å². The van der Waals surface area contributed by atoms with Crippen molar-refractivity contribution >= 4 is 23.1 Å². The normalized spacial score (nSPS) is 23.9. The fourth-order valence-electron chi connectivity index (χ4n) is 2.52. The van der Waals surface area contributed by atoms with Crippen LogP contribution < -0.4 is 11.3 Å². The molecule has 4 N–H and O–H groups in total. The minimum atomic E-state index is -0.813. The van der Waals surface area contributed by atoms with Crippen molar-refractivity contribution in [3.8, 4) is 0 Å². The summed E-state index contributed by atoms with van der Waals surface area (Å²) in [6.45, 7) is 3.40. The second-order valence-electron chi connectivity index (χ2n) is 5.99. The number of ether oxygens (including phenoxy) is 2. The van der Waals surface area contributed by atoms with Crippen molar-refractivity contribution in [2.45, 2.75) is 38.7 Å². The van der Waals surface area contributed by atoms with Crippen molar-refractivity contribution in [3.63, 3.8) is 0 Å². The van der Waals surface area contributed by atoms with Crippen LogP contribution in [-0.2, 0) is 14.3 Å². The smallest absolute Gasteiger partial charge is 0.308 e. The van der Waals surface area contributed by atoms with Gasteiger partial charge in [0.05, 0.1) is 18.3 Å². The second-order valence-corrected chi connectivity index (χ2v) is 5.99. The van der Waals surface area contributed by atoms with E-state index in [1.165, 1.54) is 10.9 Å². The van der Waals surface area contributed by atoms with Crippen LogP contribution in [0.1, 0.15) is 26.5 Å². The minimum Gasteiger partial charge on any atom is -0.463 e. The Morgan fingerprint density at radius 2 is 2.38 bits per heavy atom. The number of nitrogen functional groups attached to an aromatic ring is 1. The molecule has 2 aromatic heterocycles. The van der Waals surface area contributed by atoms with Gasteiger partial charge in [0.1, 0.15) is 18.9 Å². The number of fused-ring (bicyclic) bond motifs is 1. The third-order valence-corrected chi connectivity index (χ3v) is 3.83. The Bertz CT molecular complexity index is 813. The van der Waals surface area contributed by atoms with Gasteiger partial charge >= 0.3 is 5.97 Å². The predicted molar refractivity (Wildman–Crippen MR) is 82.9 cm³/mol. The lowest BCUT2D eigenvalue weighted by atomic mass is 10.2. The number of hydrogen-bond donors (Lipinski definition) is 3. The number of carbonyl (C=O) groups is 1. The monoisotopic (exact) mass is 337 g/mol. The van der Waals surface area contributed by atoms with E-state index >= 15 is 0 Å². The summed E-state index contributed by atoms with van der Waals surface area (Å²) in [5.41, 5.74) is 5.52. The summed E-state index contributed by atoms with van der Waals surface area (Å²) in [6.07, 6.45) is -0.390. The van der Waals surface area contributed by atoms with Crippen molar-refractivity contribution in [2.24, 2.45) is 5.92 Å². The lowest BCUT2D eigenvalue weighted by Gasteiger charge is -2.16. The van der Waals surface area contributed by atoms with Crippen LogP contribution in [0.2, 0.25) is 0 Å². The first-order valence-corrected chi connectivity index (χ1v) is 7.59. The molecule has 3 heterocycles. The van der Waals surface area contributed by atoms with E-state index < -0.39 is 24.0 Å². The number of aliphatic hydroxyl groups is 1. The Labute approximate surface area is 136 Å². The highest BCUT2D eigenvalue weighted by Gasteiger charge is 2.36. The Balaban J connectivity index is 1.77. The number of imidazole rings is 1. The molecule has 0 aliphatic carbocycles. The summed E-state index contributed by atoms with van der Waals surface area (Å²) in [4.78, 5) is 33.8. The molecule has 0 unspecified atom stereocenters. The fourth-order valence-corrected chi connectivity index (χ4v) is 2.52. The molecular weight excluding hydrogens is 318 g/mol. The van der Waals surface area contributed by atoms with Crippen LogP contribution >= 0.6 is 0 Å². The fraction of sp³-hybridized carbons (Fsp3) is 0.571. The first kappa shape index (κ1) is 16.4. The Hall–Kier alpha value is -2.46. The summed E-state index contributed by atoms with van der Waals surface area (Å²) < 4.78 is 12.4. The van der Waals surface area contributed by atoms with Crippen LogP contribution in [0.25, 0.3) is 11.2 Å². The van der Waals surface area contributed by atoms with Gasteiger partial charge < -0.3 is 20.3 Å². The highest BCUT2D eigenvalue weighted by Crippen LogP contribution is 2.30. The summed E-state index contributed by atoms with van der Waals surface area (Å²) in [7, 11) is 0. The number of rotatable bonds is 4. The van der Waals surface area contributed by atoms with Crippen LogP contribution in [0.15, 0.2) is 11.1 Å². The third-order valence-electron chi connectivity index (χ3n) is 3.83. The molecule has 10 heteroatoms. The first-order valence-electron chi connectivity index (χ1n) is 7.59. The number of aliphatic hydroxyl groups excluding tert-OH is 1. The number of hydrogen-bond acceptors (Lipinski definition) is 8. The highest BCUT2D eigenvalue weighted by atomic mass is 16.6. The molecule has 0 radical (unpaired) electrons. The van der Waals surface area contributed by atoms with Gasteiger partial charge in [-0.3, -0.25) is 19.1 Å². The Morgan fingerprint density at radius 1 is 1.62 bits per heavy atom. The van der Waals surface area contributed by atoms with Crippen molar-refractivity contribution in [3.05, 3.63) is 16.7 Å². The molecule has 0 spiro atoms. The van der Waals surface area contributed by atoms with E-state index in [2.05, 4.69) is 15.0 Å². The molecule has 0 aromatic carbocycles. The Morgan fingerprint density at radius 3 is 3.08 bits per heavy atom. The molecule has 24 heavy (non-hydrogen) atoms. The van der Waals surface area contributed by atoms with Gasteiger partial charge in [0, 0.05) is 6.42 Å². The van der Waals surface area contributed by atoms with E-state index in [0.717, 1.165) is 0 Å². The van der Waals surface area contributed by atoms with E-state index in [1.54, 1.807) is 13.8 Å². The molecule has 130 valence electrons. The molecule has 1 aliphatic heterocycles. The maximum Gasteiger partial charge on any atom is 0.308 e. The van der Waals surface area contributed by atoms with E-state index in [0.29, 0.717) is 0 Å². The van der Waals surface area contributed by atoms with Crippen molar-refractivity contribution < 1.29 is 19.4 Å². The van der Waals surface area contributed by atoms with E-state index in [9.17, 15) is 14.7 Å². The number of nitrogens with zero attached hydrogens (tertiary/aromatic N) is 3. The van der Waals surface area contributed by atoms with Gasteiger partial charge in [-0.15, -0.1) is 0 Å². The van der Waals surface area contributed by atoms with E-state index in [-0.39, 0.29) is 42.0 Å². The third kappa shape index (κ3) is 2.97. The van der Waals surface area contributed by atoms with Crippen molar-refractivity contribution in [1.29, 1.82) is 0 Å². The van der Waals surface area contributed by atoms with Gasteiger partial charge in [-0.25, -0.2) is 4.98 Å². The predicted octanol–water partition coefficient (Wildman–Crippen LogP) is -0.451. The van der Waals surface area contributed by atoms with Crippen molar-refractivity contribution in [1.82, 2.24) is 19.5 Å². The van der Waals surface area contributed by atoms with Gasteiger partial charge in [0.15, 0.2) is 11.2 Å². The van der Waals surface area contributed by atoms with Gasteiger partial charge in [-0.05, 0) is 0 Å². The summed E-state index contributed by atoms with van der Waals surface area (Å²) in [5, 5.41) is 10.1. The number of aromatic nitrogens is 4. The van der Waals surface area contributed by atoms with Crippen molar-refractivity contribution in [2.75, 3.05) is 12.3 Å². The SMILES string of the molecule is CC(C)C(=O)OC[C@H]1O[C@@H](n2cnc3c(=O)[nH]c(N)nc32)C[C@@H]1O. The number of anilines is 1.